The number of para-hydroxylation sites is 1. The predicted octanol–water partition coefficient (Wildman–Crippen LogP) is 3.48. The minimum atomic E-state index is -3.10. The van der Waals surface area contributed by atoms with Gasteiger partial charge in [-0.05, 0) is 36.8 Å². The Labute approximate surface area is 132 Å². The van der Waals surface area contributed by atoms with Crippen LogP contribution in [0.3, 0.4) is 0 Å². The summed E-state index contributed by atoms with van der Waals surface area (Å²) in [5.41, 5.74) is 2.29. The zero-order valence-corrected chi connectivity index (χ0v) is 13.9. The Morgan fingerprint density at radius 1 is 1.32 bits per heavy atom. The monoisotopic (exact) mass is 320 g/mol. The highest BCUT2D eigenvalue weighted by molar-refractivity contribution is 7.89. The maximum Gasteiger partial charge on any atom is 0.214 e. The second kappa shape index (κ2) is 6.42. The summed E-state index contributed by atoms with van der Waals surface area (Å²) in [7, 11) is -3.10. The van der Waals surface area contributed by atoms with Crippen molar-refractivity contribution in [1.82, 2.24) is 9.29 Å². The summed E-state index contributed by atoms with van der Waals surface area (Å²) < 4.78 is 26.5. The van der Waals surface area contributed by atoms with E-state index in [1.807, 2.05) is 19.1 Å². The Balaban J connectivity index is 1.78. The molecule has 1 aromatic heterocycles. The van der Waals surface area contributed by atoms with Crippen LogP contribution in [0.5, 0.6) is 0 Å². The van der Waals surface area contributed by atoms with E-state index in [-0.39, 0.29) is 11.7 Å². The number of fused-ring (bicyclic) bond motifs is 1. The van der Waals surface area contributed by atoms with E-state index in [2.05, 4.69) is 23.2 Å². The van der Waals surface area contributed by atoms with Gasteiger partial charge in [-0.2, -0.15) is 0 Å². The SMILES string of the molecule is CCCCS(=O)(=O)N1CCCC(c2cc3ccccc3[nH]2)C1. The normalized spacial score (nSPS) is 20.5. The van der Waals surface area contributed by atoms with Crippen molar-refractivity contribution >= 4 is 20.9 Å². The summed E-state index contributed by atoms with van der Waals surface area (Å²) in [6.07, 6.45) is 3.65. The summed E-state index contributed by atoms with van der Waals surface area (Å²) in [5, 5.41) is 1.20. The van der Waals surface area contributed by atoms with Crippen LogP contribution in [-0.2, 0) is 10.0 Å². The van der Waals surface area contributed by atoms with E-state index in [0.29, 0.717) is 13.1 Å². The lowest BCUT2D eigenvalue weighted by Gasteiger charge is -2.31. The molecule has 0 amide bonds. The number of sulfonamides is 1. The lowest BCUT2D eigenvalue weighted by molar-refractivity contribution is 0.313. The molecule has 1 atom stereocenters. The van der Waals surface area contributed by atoms with Crippen LogP contribution >= 0.6 is 0 Å². The van der Waals surface area contributed by atoms with E-state index in [1.165, 1.54) is 5.39 Å². The third-order valence-electron chi connectivity index (χ3n) is 4.52. The number of aromatic amines is 1. The van der Waals surface area contributed by atoms with Crippen molar-refractivity contribution in [3.8, 4) is 0 Å². The van der Waals surface area contributed by atoms with Gasteiger partial charge in [0.15, 0.2) is 0 Å². The van der Waals surface area contributed by atoms with Crippen LogP contribution in [0.4, 0.5) is 0 Å². The molecule has 3 rings (SSSR count). The molecule has 0 aliphatic carbocycles. The Morgan fingerprint density at radius 3 is 2.91 bits per heavy atom. The number of H-pyrrole nitrogens is 1. The maximum absolute atomic E-state index is 12.4. The number of piperidine rings is 1. The van der Waals surface area contributed by atoms with E-state index >= 15 is 0 Å². The molecule has 1 unspecified atom stereocenters. The van der Waals surface area contributed by atoms with Gasteiger partial charge in [-0.25, -0.2) is 12.7 Å². The first-order valence-corrected chi connectivity index (χ1v) is 9.76. The highest BCUT2D eigenvalue weighted by Gasteiger charge is 2.29. The number of aromatic nitrogens is 1. The van der Waals surface area contributed by atoms with E-state index in [9.17, 15) is 8.42 Å². The summed E-state index contributed by atoms with van der Waals surface area (Å²) >= 11 is 0. The number of nitrogens with zero attached hydrogens (tertiary/aromatic N) is 1. The molecule has 1 fully saturated rings. The van der Waals surface area contributed by atoms with E-state index in [1.54, 1.807) is 4.31 Å². The zero-order valence-electron chi connectivity index (χ0n) is 13.1. The van der Waals surface area contributed by atoms with Gasteiger partial charge in [-0.3, -0.25) is 0 Å². The minimum absolute atomic E-state index is 0.276. The van der Waals surface area contributed by atoms with Gasteiger partial charge in [-0.15, -0.1) is 0 Å². The maximum atomic E-state index is 12.4. The van der Waals surface area contributed by atoms with Crippen molar-refractivity contribution in [1.29, 1.82) is 0 Å². The van der Waals surface area contributed by atoms with Crippen LogP contribution in [-0.4, -0.2) is 36.5 Å². The van der Waals surface area contributed by atoms with Crippen LogP contribution in [0.2, 0.25) is 0 Å². The van der Waals surface area contributed by atoms with Crippen LogP contribution in [0.25, 0.3) is 10.9 Å². The smallest absolute Gasteiger partial charge is 0.214 e. The van der Waals surface area contributed by atoms with Crippen LogP contribution in [0, 0.1) is 0 Å². The van der Waals surface area contributed by atoms with Crippen molar-refractivity contribution in [2.24, 2.45) is 0 Å². The van der Waals surface area contributed by atoms with E-state index in [4.69, 9.17) is 0 Å². The molecular formula is C17H24N2O2S. The fraction of sp³-hybridized carbons (Fsp3) is 0.529. The molecule has 5 heteroatoms. The molecule has 1 saturated heterocycles. The Bertz CT molecular complexity index is 703. The highest BCUT2D eigenvalue weighted by Crippen LogP contribution is 2.30. The molecule has 0 spiro atoms. The number of nitrogens with one attached hydrogen (secondary N) is 1. The molecule has 1 aliphatic rings. The van der Waals surface area contributed by atoms with Gasteiger partial charge >= 0.3 is 0 Å². The molecule has 4 nitrogen and oxygen atoms in total. The highest BCUT2D eigenvalue weighted by atomic mass is 32.2. The molecule has 0 bridgehead atoms. The fourth-order valence-corrected chi connectivity index (χ4v) is 4.95. The van der Waals surface area contributed by atoms with Crippen molar-refractivity contribution in [3.05, 3.63) is 36.0 Å². The summed E-state index contributed by atoms with van der Waals surface area (Å²) in [4.78, 5) is 3.46. The van der Waals surface area contributed by atoms with Gasteiger partial charge in [0, 0.05) is 30.2 Å². The van der Waals surface area contributed by atoms with Crippen LogP contribution in [0.15, 0.2) is 30.3 Å². The summed E-state index contributed by atoms with van der Waals surface area (Å²) in [6, 6.07) is 10.4. The largest absolute Gasteiger partial charge is 0.358 e. The van der Waals surface area contributed by atoms with Gasteiger partial charge < -0.3 is 4.98 Å². The van der Waals surface area contributed by atoms with Gasteiger partial charge in [0.1, 0.15) is 0 Å². The molecule has 22 heavy (non-hydrogen) atoms. The fourth-order valence-electron chi connectivity index (χ4n) is 3.22. The van der Waals surface area contributed by atoms with Crippen LogP contribution < -0.4 is 0 Å². The van der Waals surface area contributed by atoms with Crippen molar-refractivity contribution < 1.29 is 8.42 Å². The summed E-state index contributed by atoms with van der Waals surface area (Å²) in [5.74, 6) is 0.556. The van der Waals surface area contributed by atoms with Gasteiger partial charge in [0.25, 0.3) is 0 Å². The lowest BCUT2D eigenvalue weighted by atomic mass is 9.96. The molecule has 2 aromatic rings. The lowest BCUT2D eigenvalue weighted by Crippen LogP contribution is -2.40. The third-order valence-corrected chi connectivity index (χ3v) is 6.45. The third kappa shape index (κ3) is 3.20. The average molecular weight is 320 g/mol. The zero-order chi connectivity index (χ0) is 15.6. The predicted molar refractivity (Wildman–Crippen MR) is 90.5 cm³/mol. The van der Waals surface area contributed by atoms with E-state index < -0.39 is 10.0 Å². The quantitative estimate of drug-likeness (QED) is 0.917. The van der Waals surface area contributed by atoms with Crippen molar-refractivity contribution in [3.63, 3.8) is 0 Å². The summed E-state index contributed by atoms with van der Waals surface area (Å²) in [6.45, 7) is 3.31. The van der Waals surface area contributed by atoms with Gasteiger partial charge in [0.2, 0.25) is 10.0 Å². The first-order valence-electron chi connectivity index (χ1n) is 8.15. The standard InChI is InChI=1S/C17H24N2O2S/c1-2-3-11-22(20,21)19-10-6-8-15(13-19)17-12-14-7-4-5-9-16(14)18-17/h4-5,7,9,12,15,18H,2-3,6,8,10-11,13H2,1H3. The number of hydrogen-bond acceptors (Lipinski definition) is 2. The van der Waals surface area contributed by atoms with Gasteiger partial charge in [-0.1, -0.05) is 31.5 Å². The minimum Gasteiger partial charge on any atom is -0.358 e. The number of benzene rings is 1. The molecule has 120 valence electrons. The molecule has 0 radical (unpaired) electrons. The average Bonchev–Trinajstić information content (AvgIpc) is 2.97. The molecule has 1 aliphatic heterocycles. The second-order valence-electron chi connectivity index (χ2n) is 6.18. The van der Waals surface area contributed by atoms with Gasteiger partial charge in [0.05, 0.1) is 5.75 Å². The first-order chi connectivity index (χ1) is 10.6. The van der Waals surface area contributed by atoms with Crippen LogP contribution in [0.1, 0.15) is 44.2 Å². The van der Waals surface area contributed by atoms with Crippen molar-refractivity contribution in [2.45, 2.75) is 38.5 Å². The molecule has 1 N–H and O–H groups in total. The molecular weight excluding hydrogens is 296 g/mol. The topological polar surface area (TPSA) is 53.2 Å². The Kier molecular flexibility index (Phi) is 4.54. The second-order valence-corrected chi connectivity index (χ2v) is 8.27. The van der Waals surface area contributed by atoms with E-state index in [0.717, 1.165) is 36.9 Å². The van der Waals surface area contributed by atoms with Crippen molar-refractivity contribution in [2.75, 3.05) is 18.8 Å². The Hall–Kier alpha value is -1.33. The molecule has 2 heterocycles. The number of hydrogen-bond donors (Lipinski definition) is 1. The number of rotatable bonds is 5. The first kappa shape index (κ1) is 15.6. The molecule has 0 saturated carbocycles. The Morgan fingerprint density at radius 2 is 2.14 bits per heavy atom. The molecule has 1 aromatic carbocycles. The number of unbranched alkanes of at least 4 members (excludes halogenated alkanes) is 1.